The van der Waals surface area contributed by atoms with Crippen molar-refractivity contribution in [2.75, 3.05) is 16.8 Å². The number of carbonyl (C=O) groups is 2. The van der Waals surface area contributed by atoms with Crippen molar-refractivity contribution >= 4 is 34.0 Å². The molecule has 0 radical (unpaired) electrons. The highest BCUT2D eigenvalue weighted by atomic mass is 16.2. The van der Waals surface area contributed by atoms with Gasteiger partial charge in [-0.1, -0.05) is 43.3 Å². The maximum atomic E-state index is 12.7. The van der Waals surface area contributed by atoms with Crippen LogP contribution in [-0.4, -0.2) is 18.4 Å². The van der Waals surface area contributed by atoms with E-state index < -0.39 is 0 Å². The number of rotatable bonds is 6. The Balaban J connectivity index is 1.37. The molecule has 0 aliphatic carbocycles. The van der Waals surface area contributed by atoms with Crippen LogP contribution in [0.25, 0.3) is 10.8 Å². The molecule has 4 rings (SSSR count). The van der Waals surface area contributed by atoms with Crippen LogP contribution in [0.3, 0.4) is 0 Å². The van der Waals surface area contributed by atoms with Crippen LogP contribution in [0, 0.1) is 0 Å². The van der Waals surface area contributed by atoms with E-state index in [1.807, 2.05) is 60.7 Å². The van der Waals surface area contributed by atoms with E-state index in [1.54, 1.807) is 4.90 Å². The van der Waals surface area contributed by atoms with Crippen molar-refractivity contribution in [3.05, 3.63) is 71.8 Å². The first-order valence-corrected chi connectivity index (χ1v) is 9.40. The number of nitrogens with zero attached hydrogens (tertiary/aromatic N) is 1. The van der Waals surface area contributed by atoms with Crippen LogP contribution in [0.4, 0.5) is 11.4 Å². The lowest BCUT2D eigenvalue weighted by Gasteiger charge is -2.17. The molecular formula is C23H22N2O2. The number of aryl methyl sites for hydroxylation is 1. The van der Waals surface area contributed by atoms with E-state index in [9.17, 15) is 9.59 Å². The topological polar surface area (TPSA) is 49.4 Å². The zero-order chi connectivity index (χ0) is 18.8. The number of carbonyl (C=O) groups excluding carboxylic acids is 2. The average molecular weight is 358 g/mol. The molecule has 0 aromatic heterocycles. The molecule has 27 heavy (non-hydrogen) atoms. The Morgan fingerprint density at radius 3 is 2.48 bits per heavy atom. The van der Waals surface area contributed by atoms with Crippen LogP contribution in [0.2, 0.25) is 0 Å². The fourth-order valence-electron chi connectivity index (χ4n) is 3.65. The Hall–Kier alpha value is -3.14. The van der Waals surface area contributed by atoms with Gasteiger partial charge < -0.3 is 10.2 Å². The molecule has 1 N–H and O–H groups in total. The van der Waals surface area contributed by atoms with Gasteiger partial charge in [-0.2, -0.15) is 0 Å². The maximum Gasteiger partial charge on any atom is 0.258 e. The van der Waals surface area contributed by atoms with E-state index >= 15 is 0 Å². The van der Waals surface area contributed by atoms with Crippen molar-refractivity contribution in [3.8, 4) is 0 Å². The minimum atomic E-state index is -0.0263. The van der Waals surface area contributed by atoms with Crippen LogP contribution >= 0.6 is 0 Å². The molecule has 2 amide bonds. The van der Waals surface area contributed by atoms with Gasteiger partial charge in [-0.05, 0) is 48.1 Å². The summed E-state index contributed by atoms with van der Waals surface area (Å²) in [7, 11) is 0. The number of nitrogens with one attached hydrogen (secondary N) is 1. The lowest BCUT2D eigenvalue weighted by Crippen LogP contribution is -2.28. The molecule has 1 heterocycles. The van der Waals surface area contributed by atoms with E-state index in [0.29, 0.717) is 19.4 Å². The van der Waals surface area contributed by atoms with Crippen molar-refractivity contribution in [3.63, 3.8) is 0 Å². The third-order valence-electron chi connectivity index (χ3n) is 5.08. The van der Waals surface area contributed by atoms with Crippen LogP contribution in [0.15, 0.2) is 60.7 Å². The van der Waals surface area contributed by atoms with E-state index in [2.05, 4.69) is 12.2 Å². The highest BCUT2D eigenvalue weighted by Crippen LogP contribution is 2.37. The highest BCUT2D eigenvalue weighted by Gasteiger charge is 2.28. The first-order chi connectivity index (χ1) is 13.2. The fourth-order valence-corrected chi connectivity index (χ4v) is 3.65. The second kappa shape index (κ2) is 7.23. The van der Waals surface area contributed by atoms with E-state index in [-0.39, 0.29) is 11.8 Å². The Morgan fingerprint density at radius 1 is 1.00 bits per heavy atom. The summed E-state index contributed by atoms with van der Waals surface area (Å²) in [5.41, 5.74) is 3.76. The van der Waals surface area contributed by atoms with E-state index in [0.717, 1.165) is 34.1 Å². The van der Waals surface area contributed by atoms with E-state index in [1.165, 1.54) is 5.56 Å². The van der Waals surface area contributed by atoms with Gasteiger partial charge in [-0.25, -0.2) is 0 Å². The molecule has 0 saturated heterocycles. The maximum absolute atomic E-state index is 12.7. The molecule has 0 bridgehead atoms. The van der Waals surface area contributed by atoms with Gasteiger partial charge in [0.2, 0.25) is 5.91 Å². The summed E-state index contributed by atoms with van der Waals surface area (Å²) in [6.45, 7) is 2.64. The Kier molecular flexibility index (Phi) is 4.63. The summed E-state index contributed by atoms with van der Waals surface area (Å²) in [4.78, 5) is 26.7. The second-order valence-electron chi connectivity index (χ2n) is 6.84. The fraction of sp³-hybridized carbons (Fsp3) is 0.217. The monoisotopic (exact) mass is 358 g/mol. The molecule has 0 spiro atoms. The van der Waals surface area contributed by atoms with Crippen molar-refractivity contribution in [2.45, 2.75) is 26.2 Å². The molecule has 4 heteroatoms. The molecule has 1 aliphatic rings. The molecule has 0 fully saturated rings. The average Bonchev–Trinajstić information content (AvgIpc) is 2.97. The largest absolute Gasteiger partial charge is 0.326 e. The summed E-state index contributed by atoms with van der Waals surface area (Å²) in [5.74, 6) is -0.000945. The number of hydrogen-bond acceptors (Lipinski definition) is 2. The molecular weight excluding hydrogens is 336 g/mol. The SMILES string of the molecule is CCc1ccc(NC(=O)CCCN2C(=O)c3cccc4cccc2c34)cc1. The van der Waals surface area contributed by atoms with Gasteiger partial charge in [0.15, 0.2) is 0 Å². The first-order valence-electron chi connectivity index (χ1n) is 9.40. The summed E-state index contributed by atoms with van der Waals surface area (Å²) >= 11 is 0. The Bertz CT molecular complexity index is 1000. The number of anilines is 2. The van der Waals surface area contributed by atoms with Crippen LogP contribution in [0.5, 0.6) is 0 Å². The summed E-state index contributed by atoms with van der Waals surface area (Å²) < 4.78 is 0. The number of hydrogen-bond donors (Lipinski definition) is 1. The van der Waals surface area contributed by atoms with Gasteiger partial charge in [0, 0.05) is 29.6 Å². The zero-order valence-corrected chi connectivity index (χ0v) is 15.4. The van der Waals surface area contributed by atoms with Crippen molar-refractivity contribution in [1.82, 2.24) is 0 Å². The Morgan fingerprint density at radius 2 is 1.74 bits per heavy atom. The predicted molar refractivity (Wildman–Crippen MR) is 109 cm³/mol. The summed E-state index contributed by atoms with van der Waals surface area (Å²) in [6.07, 6.45) is 1.98. The standard InChI is InChI=1S/C23H22N2O2/c1-2-16-11-13-18(14-12-16)24-21(26)10-5-15-25-20-9-4-7-17-6-3-8-19(22(17)20)23(25)27/h3-4,6-9,11-14H,2,5,10,15H2,1H3,(H,24,26). The smallest absolute Gasteiger partial charge is 0.258 e. The van der Waals surface area contributed by atoms with Gasteiger partial charge in [0.1, 0.15) is 0 Å². The minimum Gasteiger partial charge on any atom is -0.326 e. The lowest BCUT2D eigenvalue weighted by molar-refractivity contribution is -0.116. The third kappa shape index (κ3) is 3.31. The number of benzene rings is 3. The molecule has 4 nitrogen and oxygen atoms in total. The molecule has 0 saturated carbocycles. The predicted octanol–water partition coefficient (Wildman–Crippen LogP) is 4.78. The van der Waals surface area contributed by atoms with Crippen LogP contribution in [0.1, 0.15) is 35.7 Å². The van der Waals surface area contributed by atoms with Gasteiger partial charge in [0.05, 0.1) is 5.69 Å². The van der Waals surface area contributed by atoms with Crippen LogP contribution < -0.4 is 10.2 Å². The van der Waals surface area contributed by atoms with Crippen molar-refractivity contribution < 1.29 is 9.59 Å². The third-order valence-corrected chi connectivity index (χ3v) is 5.08. The van der Waals surface area contributed by atoms with Crippen molar-refractivity contribution in [1.29, 1.82) is 0 Å². The van der Waals surface area contributed by atoms with Gasteiger partial charge in [0.25, 0.3) is 5.91 Å². The van der Waals surface area contributed by atoms with Gasteiger partial charge in [-0.15, -0.1) is 0 Å². The lowest BCUT2D eigenvalue weighted by atomic mass is 10.1. The molecule has 3 aromatic rings. The van der Waals surface area contributed by atoms with E-state index in [4.69, 9.17) is 0 Å². The normalized spacial score (nSPS) is 12.6. The number of amides is 2. The molecule has 136 valence electrons. The zero-order valence-electron chi connectivity index (χ0n) is 15.4. The highest BCUT2D eigenvalue weighted by molar-refractivity contribution is 6.25. The van der Waals surface area contributed by atoms with Gasteiger partial charge in [-0.3, -0.25) is 9.59 Å². The minimum absolute atomic E-state index is 0.0253. The first kappa shape index (κ1) is 17.3. The quantitative estimate of drug-likeness (QED) is 0.689. The summed E-state index contributed by atoms with van der Waals surface area (Å²) in [5, 5.41) is 5.02. The molecule has 0 unspecified atom stereocenters. The molecule has 1 aliphatic heterocycles. The molecule has 3 aromatic carbocycles. The summed E-state index contributed by atoms with van der Waals surface area (Å²) in [6, 6.07) is 19.7. The Labute approximate surface area is 158 Å². The molecule has 0 atom stereocenters. The van der Waals surface area contributed by atoms with Crippen molar-refractivity contribution in [2.24, 2.45) is 0 Å². The van der Waals surface area contributed by atoms with Crippen LogP contribution in [-0.2, 0) is 11.2 Å². The second-order valence-corrected chi connectivity index (χ2v) is 6.84. The van der Waals surface area contributed by atoms with Gasteiger partial charge >= 0.3 is 0 Å².